The predicted octanol–water partition coefficient (Wildman–Crippen LogP) is 1.90. The summed E-state index contributed by atoms with van der Waals surface area (Å²) >= 11 is 0. The van der Waals surface area contributed by atoms with Gasteiger partial charge >= 0.3 is 0 Å². The van der Waals surface area contributed by atoms with Crippen LogP contribution in [0.2, 0.25) is 0 Å². The Morgan fingerprint density at radius 3 is 2.53 bits per heavy atom. The van der Waals surface area contributed by atoms with Gasteiger partial charge in [0.15, 0.2) is 9.84 Å². The van der Waals surface area contributed by atoms with Crippen LogP contribution in [0.3, 0.4) is 0 Å². The first-order valence-corrected chi connectivity index (χ1v) is 7.27. The predicted molar refractivity (Wildman–Crippen MR) is 61.9 cm³/mol. The van der Waals surface area contributed by atoms with Crippen LogP contribution in [0.4, 0.5) is 4.39 Å². The fourth-order valence-electron chi connectivity index (χ4n) is 2.27. The Balaban J connectivity index is 2.25. The van der Waals surface area contributed by atoms with Crippen molar-refractivity contribution >= 4 is 9.84 Å². The van der Waals surface area contributed by atoms with Crippen molar-refractivity contribution in [2.24, 2.45) is 0 Å². The van der Waals surface area contributed by atoms with E-state index in [4.69, 9.17) is 0 Å². The number of hydrogen-bond acceptors (Lipinski definition) is 3. The van der Waals surface area contributed by atoms with Crippen molar-refractivity contribution in [2.45, 2.75) is 36.2 Å². The topological polar surface area (TPSA) is 54.4 Å². The van der Waals surface area contributed by atoms with E-state index in [0.29, 0.717) is 12.8 Å². The smallest absolute Gasteiger partial charge is 0.181 e. The van der Waals surface area contributed by atoms with E-state index in [9.17, 15) is 17.9 Å². The molecule has 1 N–H and O–H groups in total. The van der Waals surface area contributed by atoms with Crippen LogP contribution in [0.5, 0.6) is 0 Å². The maximum atomic E-state index is 13.0. The minimum atomic E-state index is -3.61. The van der Waals surface area contributed by atoms with E-state index in [-0.39, 0.29) is 10.6 Å². The lowest BCUT2D eigenvalue weighted by molar-refractivity contribution is 0.0714. The maximum absolute atomic E-state index is 13.0. The molecule has 1 fully saturated rings. The molecule has 0 aliphatic heterocycles. The number of benzene rings is 1. The number of sulfone groups is 1. The molecule has 0 atom stereocenters. The summed E-state index contributed by atoms with van der Waals surface area (Å²) in [6.07, 6.45) is 2.69. The molecule has 1 aliphatic carbocycles. The first-order valence-electron chi connectivity index (χ1n) is 5.62. The molecule has 0 bridgehead atoms. The van der Waals surface area contributed by atoms with Gasteiger partial charge in [-0.05, 0) is 31.0 Å². The Morgan fingerprint density at radius 1 is 1.29 bits per heavy atom. The zero-order valence-electron chi connectivity index (χ0n) is 9.39. The molecule has 3 nitrogen and oxygen atoms in total. The van der Waals surface area contributed by atoms with Crippen LogP contribution < -0.4 is 0 Å². The summed E-state index contributed by atoms with van der Waals surface area (Å²) in [6, 6.07) is 4.91. The fraction of sp³-hybridized carbons (Fsp3) is 0.500. The minimum Gasteiger partial charge on any atom is -0.389 e. The first-order chi connectivity index (χ1) is 7.91. The van der Waals surface area contributed by atoms with Gasteiger partial charge in [-0.25, -0.2) is 12.8 Å². The van der Waals surface area contributed by atoms with Crippen LogP contribution in [-0.2, 0) is 9.84 Å². The summed E-state index contributed by atoms with van der Waals surface area (Å²) in [5.41, 5.74) is -1.13. The maximum Gasteiger partial charge on any atom is 0.181 e. The van der Waals surface area contributed by atoms with Crippen LogP contribution in [0.15, 0.2) is 29.2 Å². The van der Waals surface area contributed by atoms with Gasteiger partial charge in [-0.1, -0.05) is 18.9 Å². The summed E-state index contributed by atoms with van der Waals surface area (Å²) < 4.78 is 37.0. The molecule has 0 saturated heterocycles. The van der Waals surface area contributed by atoms with Gasteiger partial charge in [0.05, 0.1) is 16.2 Å². The van der Waals surface area contributed by atoms with Crippen LogP contribution in [0.25, 0.3) is 0 Å². The van der Waals surface area contributed by atoms with Gasteiger partial charge in [0.1, 0.15) is 5.82 Å². The number of hydrogen-bond donors (Lipinski definition) is 1. The van der Waals surface area contributed by atoms with Gasteiger partial charge in [-0.2, -0.15) is 0 Å². The van der Waals surface area contributed by atoms with Crippen molar-refractivity contribution in [1.29, 1.82) is 0 Å². The van der Waals surface area contributed by atoms with Gasteiger partial charge in [0, 0.05) is 0 Å². The van der Waals surface area contributed by atoms with Crippen molar-refractivity contribution < 1.29 is 17.9 Å². The van der Waals surface area contributed by atoms with E-state index in [1.165, 1.54) is 18.2 Å². The molecule has 0 spiro atoms. The SMILES string of the molecule is O=S(=O)(CC1(O)CCCC1)c1cccc(F)c1. The van der Waals surface area contributed by atoms with Crippen LogP contribution in [0, 0.1) is 5.82 Å². The highest BCUT2D eigenvalue weighted by molar-refractivity contribution is 7.91. The summed E-state index contributed by atoms with van der Waals surface area (Å²) in [4.78, 5) is -0.0576. The molecule has 1 aromatic rings. The van der Waals surface area contributed by atoms with E-state index in [1.807, 2.05) is 0 Å². The molecule has 94 valence electrons. The molecule has 1 aliphatic rings. The van der Waals surface area contributed by atoms with E-state index in [2.05, 4.69) is 0 Å². The first kappa shape index (κ1) is 12.5. The molecule has 1 aromatic carbocycles. The normalized spacial score (nSPS) is 19.4. The molecule has 17 heavy (non-hydrogen) atoms. The second-order valence-electron chi connectivity index (χ2n) is 4.65. The Morgan fingerprint density at radius 2 is 1.94 bits per heavy atom. The van der Waals surface area contributed by atoms with Gasteiger partial charge in [0.2, 0.25) is 0 Å². The molecule has 0 aromatic heterocycles. The highest BCUT2D eigenvalue weighted by atomic mass is 32.2. The van der Waals surface area contributed by atoms with Crippen molar-refractivity contribution in [3.8, 4) is 0 Å². The molecule has 0 heterocycles. The minimum absolute atomic E-state index is 0.0576. The van der Waals surface area contributed by atoms with Crippen molar-refractivity contribution in [3.05, 3.63) is 30.1 Å². The third-order valence-corrected chi connectivity index (χ3v) is 5.04. The third kappa shape index (κ3) is 2.84. The largest absolute Gasteiger partial charge is 0.389 e. The van der Waals surface area contributed by atoms with E-state index < -0.39 is 21.3 Å². The molecular weight excluding hydrogens is 243 g/mol. The van der Waals surface area contributed by atoms with Gasteiger partial charge in [0.25, 0.3) is 0 Å². The molecule has 0 amide bonds. The second kappa shape index (κ2) is 4.38. The van der Waals surface area contributed by atoms with Gasteiger partial charge in [-0.15, -0.1) is 0 Å². The lowest BCUT2D eigenvalue weighted by Gasteiger charge is -2.21. The number of halogens is 1. The Kier molecular flexibility index (Phi) is 3.23. The fourth-order valence-corrected chi connectivity index (χ4v) is 4.02. The van der Waals surface area contributed by atoms with Gasteiger partial charge < -0.3 is 5.11 Å². The molecule has 0 unspecified atom stereocenters. The number of aliphatic hydroxyl groups is 1. The summed E-state index contributed by atoms with van der Waals surface area (Å²) in [7, 11) is -3.61. The Labute approximate surface area is 100 Å². The molecular formula is C12H15FO3S. The molecule has 0 radical (unpaired) electrons. The lowest BCUT2D eigenvalue weighted by atomic mass is 10.1. The van der Waals surface area contributed by atoms with Crippen molar-refractivity contribution in [3.63, 3.8) is 0 Å². The van der Waals surface area contributed by atoms with Crippen LogP contribution >= 0.6 is 0 Å². The Hall–Kier alpha value is -0.940. The zero-order valence-corrected chi connectivity index (χ0v) is 10.2. The standard InChI is InChI=1S/C12H15FO3S/c13-10-4-3-5-11(8-10)17(15,16)9-12(14)6-1-2-7-12/h3-5,8,14H,1-2,6-7,9H2. The number of rotatable bonds is 3. The van der Waals surface area contributed by atoms with E-state index in [1.54, 1.807) is 0 Å². The third-order valence-electron chi connectivity index (χ3n) is 3.15. The lowest BCUT2D eigenvalue weighted by Crippen LogP contribution is -2.34. The monoisotopic (exact) mass is 258 g/mol. The molecule has 2 rings (SSSR count). The van der Waals surface area contributed by atoms with E-state index >= 15 is 0 Å². The summed E-state index contributed by atoms with van der Waals surface area (Å²) in [5, 5.41) is 10.1. The summed E-state index contributed by atoms with van der Waals surface area (Å²) in [5.74, 6) is -0.895. The highest BCUT2D eigenvalue weighted by Gasteiger charge is 2.36. The molecule has 5 heteroatoms. The van der Waals surface area contributed by atoms with Crippen LogP contribution in [-0.4, -0.2) is 24.9 Å². The van der Waals surface area contributed by atoms with Crippen molar-refractivity contribution in [2.75, 3.05) is 5.75 Å². The highest BCUT2D eigenvalue weighted by Crippen LogP contribution is 2.32. The molecule has 1 saturated carbocycles. The average molecular weight is 258 g/mol. The van der Waals surface area contributed by atoms with Crippen molar-refractivity contribution in [1.82, 2.24) is 0 Å². The second-order valence-corrected chi connectivity index (χ2v) is 6.64. The summed E-state index contributed by atoms with van der Waals surface area (Å²) in [6.45, 7) is 0. The Bertz CT molecular complexity index is 504. The zero-order chi connectivity index (χ0) is 12.5. The quantitative estimate of drug-likeness (QED) is 0.901. The van der Waals surface area contributed by atoms with Crippen LogP contribution in [0.1, 0.15) is 25.7 Å². The van der Waals surface area contributed by atoms with E-state index in [0.717, 1.165) is 18.9 Å². The average Bonchev–Trinajstić information content (AvgIpc) is 2.64. The van der Waals surface area contributed by atoms with Gasteiger partial charge in [-0.3, -0.25) is 0 Å².